The number of amides is 1. The van der Waals surface area contributed by atoms with Crippen LogP contribution in [-0.4, -0.2) is 63.0 Å². The van der Waals surface area contributed by atoms with Crippen LogP contribution in [0.3, 0.4) is 0 Å². The summed E-state index contributed by atoms with van der Waals surface area (Å²) in [4.78, 5) is 19.4. The highest BCUT2D eigenvalue weighted by Crippen LogP contribution is 2.20. The quantitative estimate of drug-likeness (QED) is 0.709. The van der Waals surface area contributed by atoms with Crippen molar-refractivity contribution in [1.29, 1.82) is 0 Å². The molecule has 0 aliphatic carbocycles. The van der Waals surface area contributed by atoms with Crippen molar-refractivity contribution in [3.05, 3.63) is 65.2 Å². The highest BCUT2D eigenvalue weighted by molar-refractivity contribution is 5.95. The van der Waals surface area contributed by atoms with Gasteiger partial charge in [0, 0.05) is 52.0 Å². The minimum Gasteiger partial charge on any atom is -0.378 e. The van der Waals surface area contributed by atoms with E-state index in [-0.39, 0.29) is 5.91 Å². The van der Waals surface area contributed by atoms with E-state index >= 15 is 0 Å². The van der Waals surface area contributed by atoms with Crippen LogP contribution < -0.4 is 4.90 Å². The topological polar surface area (TPSA) is 26.8 Å². The molecule has 0 unspecified atom stereocenters. The van der Waals surface area contributed by atoms with Gasteiger partial charge < -0.3 is 14.7 Å². The average molecular weight is 394 g/mol. The number of piperidine rings is 1. The van der Waals surface area contributed by atoms with Gasteiger partial charge in [-0.05, 0) is 68.0 Å². The predicted molar refractivity (Wildman–Crippen MR) is 122 cm³/mol. The molecule has 0 N–H and O–H groups in total. The molecular weight excluding hydrogens is 358 g/mol. The Bertz CT molecular complexity index is 817. The molecule has 1 amide bonds. The molecule has 0 radical (unpaired) electrons. The zero-order chi connectivity index (χ0) is 20.8. The number of rotatable bonds is 7. The van der Waals surface area contributed by atoms with Gasteiger partial charge in [-0.15, -0.1) is 0 Å². The summed E-state index contributed by atoms with van der Waals surface area (Å²) in [6.07, 6.45) is 3.53. The molecule has 0 aromatic heterocycles. The number of anilines is 1. The Hall–Kier alpha value is -2.33. The molecular formula is C25H35N3O. The molecule has 0 spiro atoms. The number of carbonyl (C=O) groups excluding carboxylic acids is 1. The van der Waals surface area contributed by atoms with Crippen LogP contribution in [0.15, 0.2) is 48.5 Å². The molecule has 1 saturated heterocycles. The van der Waals surface area contributed by atoms with Crippen molar-refractivity contribution in [1.82, 2.24) is 9.80 Å². The van der Waals surface area contributed by atoms with E-state index in [4.69, 9.17) is 0 Å². The molecule has 1 aliphatic rings. The summed E-state index contributed by atoms with van der Waals surface area (Å²) >= 11 is 0. The van der Waals surface area contributed by atoms with Gasteiger partial charge >= 0.3 is 0 Å². The minimum atomic E-state index is 0.116. The van der Waals surface area contributed by atoms with Gasteiger partial charge in [0.15, 0.2) is 0 Å². The molecule has 3 rings (SSSR count). The summed E-state index contributed by atoms with van der Waals surface area (Å²) < 4.78 is 0. The predicted octanol–water partition coefficient (Wildman–Crippen LogP) is 4.09. The fraction of sp³-hybridized carbons (Fsp3) is 0.480. The maximum Gasteiger partial charge on any atom is 0.253 e. The first kappa shape index (κ1) is 21.4. The molecule has 4 nitrogen and oxygen atoms in total. The van der Waals surface area contributed by atoms with Crippen LogP contribution in [-0.2, 0) is 6.42 Å². The third-order valence-electron chi connectivity index (χ3n) is 6.05. The number of hydrogen-bond acceptors (Lipinski definition) is 3. The van der Waals surface area contributed by atoms with E-state index in [0.29, 0.717) is 5.92 Å². The van der Waals surface area contributed by atoms with E-state index in [0.717, 1.165) is 37.3 Å². The van der Waals surface area contributed by atoms with Gasteiger partial charge in [-0.2, -0.15) is 0 Å². The SMILES string of the molecule is Cc1ccccc1CCN1CCC[C@@H](CN(C)C(=O)c2cccc(N(C)C)c2)C1. The Labute approximate surface area is 176 Å². The minimum absolute atomic E-state index is 0.116. The van der Waals surface area contributed by atoms with Crippen LogP contribution in [0.1, 0.15) is 34.3 Å². The first-order valence-corrected chi connectivity index (χ1v) is 10.7. The first-order chi connectivity index (χ1) is 13.9. The largest absolute Gasteiger partial charge is 0.378 e. The zero-order valence-corrected chi connectivity index (χ0v) is 18.4. The molecule has 1 fully saturated rings. The monoisotopic (exact) mass is 393 g/mol. The molecule has 156 valence electrons. The van der Waals surface area contributed by atoms with Gasteiger partial charge in [-0.3, -0.25) is 4.79 Å². The van der Waals surface area contributed by atoms with E-state index in [1.807, 2.05) is 55.2 Å². The zero-order valence-electron chi connectivity index (χ0n) is 18.4. The fourth-order valence-corrected chi connectivity index (χ4v) is 4.28. The highest BCUT2D eigenvalue weighted by Gasteiger charge is 2.23. The van der Waals surface area contributed by atoms with Gasteiger partial charge in [-0.25, -0.2) is 0 Å². The second-order valence-electron chi connectivity index (χ2n) is 8.62. The average Bonchev–Trinajstić information content (AvgIpc) is 2.73. The second kappa shape index (κ2) is 9.93. The Morgan fingerprint density at radius 3 is 2.66 bits per heavy atom. The second-order valence-corrected chi connectivity index (χ2v) is 8.62. The van der Waals surface area contributed by atoms with E-state index < -0.39 is 0 Å². The van der Waals surface area contributed by atoms with Gasteiger partial charge in [0.1, 0.15) is 0 Å². The van der Waals surface area contributed by atoms with Crippen LogP contribution in [0.2, 0.25) is 0 Å². The molecule has 1 atom stereocenters. The molecule has 0 saturated carbocycles. The highest BCUT2D eigenvalue weighted by atomic mass is 16.2. The standard InChI is InChI=1S/C25H35N3O/c1-20-9-5-6-11-22(20)14-16-28-15-8-10-21(19-28)18-27(4)25(29)23-12-7-13-24(17-23)26(2)3/h5-7,9,11-13,17,21H,8,10,14-16,18-19H2,1-4H3/t21-/m0/s1. The van der Waals surface area contributed by atoms with Crippen LogP contribution in [0, 0.1) is 12.8 Å². The molecule has 0 bridgehead atoms. The summed E-state index contributed by atoms with van der Waals surface area (Å²) in [5, 5.41) is 0. The van der Waals surface area contributed by atoms with Gasteiger partial charge in [0.05, 0.1) is 0 Å². The molecule has 2 aromatic rings. The van der Waals surface area contributed by atoms with Gasteiger partial charge in [-0.1, -0.05) is 30.3 Å². The lowest BCUT2D eigenvalue weighted by Crippen LogP contribution is -2.42. The third kappa shape index (κ3) is 5.83. The fourth-order valence-electron chi connectivity index (χ4n) is 4.28. The lowest BCUT2D eigenvalue weighted by molar-refractivity contribution is 0.0730. The summed E-state index contributed by atoms with van der Waals surface area (Å²) in [5.74, 6) is 0.664. The van der Waals surface area contributed by atoms with E-state index in [1.54, 1.807) is 0 Å². The summed E-state index contributed by atoms with van der Waals surface area (Å²) in [6.45, 7) is 6.38. The van der Waals surface area contributed by atoms with Crippen molar-refractivity contribution >= 4 is 11.6 Å². The normalized spacial score (nSPS) is 17.2. The molecule has 1 heterocycles. The molecule has 1 aliphatic heterocycles. The molecule has 2 aromatic carbocycles. The number of carbonyl (C=O) groups is 1. The van der Waals surface area contributed by atoms with Crippen molar-refractivity contribution in [2.45, 2.75) is 26.2 Å². The molecule has 29 heavy (non-hydrogen) atoms. The maximum absolute atomic E-state index is 12.9. The van der Waals surface area contributed by atoms with Crippen LogP contribution >= 0.6 is 0 Å². The Kier molecular flexibility index (Phi) is 7.32. The number of nitrogens with zero attached hydrogens (tertiary/aromatic N) is 3. The van der Waals surface area contributed by atoms with Crippen LogP contribution in [0.5, 0.6) is 0 Å². The smallest absolute Gasteiger partial charge is 0.253 e. The van der Waals surface area contributed by atoms with Crippen LogP contribution in [0.25, 0.3) is 0 Å². The Balaban J connectivity index is 1.53. The third-order valence-corrected chi connectivity index (χ3v) is 6.05. The Morgan fingerprint density at radius 1 is 1.10 bits per heavy atom. The van der Waals surface area contributed by atoms with Gasteiger partial charge in [0.25, 0.3) is 5.91 Å². The maximum atomic E-state index is 12.9. The molecule has 4 heteroatoms. The summed E-state index contributed by atoms with van der Waals surface area (Å²) in [6, 6.07) is 16.6. The van der Waals surface area contributed by atoms with Gasteiger partial charge in [0.2, 0.25) is 0 Å². The summed E-state index contributed by atoms with van der Waals surface area (Å²) in [5.41, 5.74) is 4.66. The first-order valence-electron chi connectivity index (χ1n) is 10.7. The lowest BCUT2D eigenvalue weighted by Gasteiger charge is -2.35. The number of aryl methyl sites for hydroxylation is 1. The van der Waals surface area contributed by atoms with Crippen molar-refractivity contribution in [2.75, 3.05) is 52.2 Å². The van der Waals surface area contributed by atoms with Crippen molar-refractivity contribution in [3.63, 3.8) is 0 Å². The summed E-state index contributed by atoms with van der Waals surface area (Å²) in [7, 11) is 5.94. The number of benzene rings is 2. The Morgan fingerprint density at radius 2 is 1.90 bits per heavy atom. The number of hydrogen-bond donors (Lipinski definition) is 0. The van der Waals surface area contributed by atoms with E-state index in [1.165, 1.54) is 30.5 Å². The van der Waals surface area contributed by atoms with Crippen molar-refractivity contribution in [2.24, 2.45) is 5.92 Å². The lowest BCUT2D eigenvalue weighted by atomic mass is 9.96. The van der Waals surface area contributed by atoms with E-state index in [2.05, 4.69) is 36.1 Å². The number of likely N-dealkylation sites (tertiary alicyclic amines) is 1. The van der Waals surface area contributed by atoms with Crippen molar-refractivity contribution in [3.8, 4) is 0 Å². The van der Waals surface area contributed by atoms with Crippen molar-refractivity contribution < 1.29 is 4.79 Å². The van der Waals surface area contributed by atoms with Crippen LogP contribution in [0.4, 0.5) is 5.69 Å². The van der Waals surface area contributed by atoms with E-state index in [9.17, 15) is 4.79 Å².